The Morgan fingerprint density at radius 1 is 1.27 bits per heavy atom. The molecular weight excluding hydrogens is 192 g/mol. The number of rotatable bonds is 2. The fourth-order valence-corrected chi connectivity index (χ4v) is 1.25. The van der Waals surface area contributed by atoms with E-state index in [1.807, 2.05) is 6.07 Å². The summed E-state index contributed by atoms with van der Waals surface area (Å²) in [6.07, 6.45) is 1.49. The normalized spacial score (nSPS) is 10.2. The average molecular weight is 202 g/mol. The van der Waals surface area contributed by atoms with Crippen molar-refractivity contribution >= 4 is 0 Å². The summed E-state index contributed by atoms with van der Waals surface area (Å²) in [5.74, 6) is 0.622. The second-order valence-corrected chi connectivity index (χ2v) is 2.98. The molecule has 0 aliphatic rings. The SMILES string of the molecule is NCc1nncc(-c2ccccc2O)n1. The third-order valence-electron chi connectivity index (χ3n) is 1.97. The van der Waals surface area contributed by atoms with Crippen LogP contribution >= 0.6 is 0 Å². The minimum absolute atomic E-state index is 0.168. The minimum atomic E-state index is 0.168. The second kappa shape index (κ2) is 4.02. The van der Waals surface area contributed by atoms with Gasteiger partial charge in [0, 0.05) is 5.56 Å². The maximum atomic E-state index is 9.61. The van der Waals surface area contributed by atoms with Gasteiger partial charge in [0.2, 0.25) is 0 Å². The standard InChI is InChI=1S/C10H10N4O/c11-5-10-13-8(6-12-14-10)7-3-1-2-4-9(7)15/h1-4,6,15H,5,11H2. The monoisotopic (exact) mass is 202 g/mol. The van der Waals surface area contributed by atoms with E-state index in [1.165, 1.54) is 6.20 Å². The Hall–Kier alpha value is -2.01. The zero-order valence-corrected chi connectivity index (χ0v) is 7.96. The van der Waals surface area contributed by atoms with Crippen molar-refractivity contribution in [2.75, 3.05) is 0 Å². The molecule has 2 aromatic rings. The summed E-state index contributed by atoms with van der Waals surface area (Å²) in [6.45, 7) is 0.231. The van der Waals surface area contributed by atoms with Crippen LogP contribution in [0.4, 0.5) is 0 Å². The van der Waals surface area contributed by atoms with E-state index in [0.29, 0.717) is 17.1 Å². The van der Waals surface area contributed by atoms with Crippen molar-refractivity contribution in [1.82, 2.24) is 15.2 Å². The third kappa shape index (κ3) is 1.92. The summed E-state index contributed by atoms with van der Waals surface area (Å²) in [7, 11) is 0. The number of nitrogens with zero attached hydrogens (tertiary/aromatic N) is 3. The van der Waals surface area contributed by atoms with E-state index in [-0.39, 0.29) is 12.3 Å². The van der Waals surface area contributed by atoms with Gasteiger partial charge in [0.1, 0.15) is 5.75 Å². The van der Waals surface area contributed by atoms with E-state index in [2.05, 4.69) is 15.2 Å². The predicted octanol–water partition coefficient (Wildman–Crippen LogP) is 0.703. The smallest absolute Gasteiger partial charge is 0.165 e. The van der Waals surface area contributed by atoms with Crippen LogP contribution in [0.25, 0.3) is 11.3 Å². The van der Waals surface area contributed by atoms with Crippen LogP contribution in [0.2, 0.25) is 0 Å². The first-order valence-electron chi connectivity index (χ1n) is 4.48. The fourth-order valence-electron chi connectivity index (χ4n) is 1.25. The number of nitrogens with two attached hydrogens (primary N) is 1. The van der Waals surface area contributed by atoms with Gasteiger partial charge in [-0.15, -0.1) is 5.10 Å². The number of aromatic nitrogens is 3. The highest BCUT2D eigenvalue weighted by atomic mass is 16.3. The molecule has 76 valence electrons. The first-order chi connectivity index (χ1) is 7.31. The molecule has 0 aliphatic carbocycles. The van der Waals surface area contributed by atoms with Gasteiger partial charge in [-0.2, -0.15) is 5.10 Å². The predicted molar refractivity (Wildman–Crippen MR) is 54.8 cm³/mol. The molecule has 0 atom stereocenters. The van der Waals surface area contributed by atoms with Crippen LogP contribution < -0.4 is 5.73 Å². The van der Waals surface area contributed by atoms with E-state index in [9.17, 15) is 5.11 Å². The molecule has 1 heterocycles. The number of hydrogen-bond donors (Lipinski definition) is 2. The highest BCUT2D eigenvalue weighted by Gasteiger charge is 2.06. The van der Waals surface area contributed by atoms with Gasteiger partial charge in [0.05, 0.1) is 18.4 Å². The zero-order chi connectivity index (χ0) is 10.7. The number of hydrogen-bond acceptors (Lipinski definition) is 5. The lowest BCUT2D eigenvalue weighted by molar-refractivity contribution is 0.477. The van der Waals surface area contributed by atoms with Gasteiger partial charge >= 0.3 is 0 Å². The molecule has 0 radical (unpaired) electrons. The molecular formula is C10H10N4O. The summed E-state index contributed by atoms with van der Waals surface area (Å²) in [5.41, 5.74) is 6.61. The maximum absolute atomic E-state index is 9.61. The first-order valence-corrected chi connectivity index (χ1v) is 4.48. The van der Waals surface area contributed by atoms with Crippen LogP contribution in [0.15, 0.2) is 30.5 Å². The molecule has 0 fully saturated rings. The molecule has 0 spiro atoms. The lowest BCUT2D eigenvalue weighted by atomic mass is 10.1. The van der Waals surface area contributed by atoms with Gasteiger partial charge in [-0.05, 0) is 12.1 Å². The Balaban J connectivity index is 2.49. The molecule has 2 rings (SSSR count). The van der Waals surface area contributed by atoms with Crippen LogP contribution in [0.5, 0.6) is 5.75 Å². The molecule has 0 unspecified atom stereocenters. The molecule has 5 nitrogen and oxygen atoms in total. The Morgan fingerprint density at radius 2 is 2.07 bits per heavy atom. The Kier molecular flexibility index (Phi) is 2.55. The highest BCUT2D eigenvalue weighted by Crippen LogP contribution is 2.25. The molecule has 0 saturated carbocycles. The van der Waals surface area contributed by atoms with Crippen LogP contribution in [0, 0.1) is 0 Å². The van der Waals surface area contributed by atoms with E-state index < -0.39 is 0 Å². The number of phenolic OH excluding ortho intramolecular Hbond substituents is 1. The number of benzene rings is 1. The van der Waals surface area contributed by atoms with Crippen molar-refractivity contribution in [2.24, 2.45) is 5.73 Å². The van der Waals surface area contributed by atoms with Crippen molar-refractivity contribution in [3.8, 4) is 17.0 Å². The van der Waals surface area contributed by atoms with Crippen LogP contribution in [-0.4, -0.2) is 20.3 Å². The van der Waals surface area contributed by atoms with E-state index in [4.69, 9.17) is 5.73 Å². The van der Waals surface area contributed by atoms with E-state index in [0.717, 1.165) is 0 Å². The van der Waals surface area contributed by atoms with Crippen molar-refractivity contribution in [1.29, 1.82) is 0 Å². The molecule has 0 aliphatic heterocycles. The summed E-state index contributed by atoms with van der Waals surface area (Å²) in [5, 5.41) is 17.1. The quantitative estimate of drug-likeness (QED) is 0.748. The van der Waals surface area contributed by atoms with Gasteiger partial charge in [-0.25, -0.2) is 4.98 Å². The second-order valence-electron chi connectivity index (χ2n) is 2.98. The first kappa shape index (κ1) is 9.54. The van der Waals surface area contributed by atoms with Crippen molar-refractivity contribution < 1.29 is 5.11 Å². The number of para-hydroxylation sites is 1. The molecule has 3 N–H and O–H groups in total. The lowest BCUT2D eigenvalue weighted by Gasteiger charge is -2.03. The summed E-state index contributed by atoms with van der Waals surface area (Å²) in [4.78, 5) is 4.16. The third-order valence-corrected chi connectivity index (χ3v) is 1.97. The van der Waals surface area contributed by atoms with Crippen LogP contribution in [-0.2, 0) is 6.54 Å². The molecule has 0 saturated heterocycles. The zero-order valence-electron chi connectivity index (χ0n) is 7.96. The van der Waals surface area contributed by atoms with E-state index in [1.54, 1.807) is 18.2 Å². The summed E-state index contributed by atoms with van der Waals surface area (Å²) < 4.78 is 0. The van der Waals surface area contributed by atoms with Gasteiger partial charge in [-0.3, -0.25) is 0 Å². The molecule has 0 amide bonds. The van der Waals surface area contributed by atoms with E-state index >= 15 is 0 Å². The van der Waals surface area contributed by atoms with Crippen molar-refractivity contribution in [3.63, 3.8) is 0 Å². The number of phenols is 1. The van der Waals surface area contributed by atoms with Crippen LogP contribution in [0.3, 0.4) is 0 Å². The molecule has 1 aromatic carbocycles. The average Bonchev–Trinajstić information content (AvgIpc) is 2.30. The van der Waals surface area contributed by atoms with Crippen LogP contribution in [0.1, 0.15) is 5.82 Å². The van der Waals surface area contributed by atoms with Gasteiger partial charge in [-0.1, -0.05) is 12.1 Å². The fraction of sp³-hybridized carbons (Fsp3) is 0.100. The van der Waals surface area contributed by atoms with Crippen molar-refractivity contribution in [3.05, 3.63) is 36.3 Å². The van der Waals surface area contributed by atoms with Gasteiger partial charge in [0.25, 0.3) is 0 Å². The Bertz CT molecular complexity index is 472. The van der Waals surface area contributed by atoms with Crippen molar-refractivity contribution in [2.45, 2.75) is 6.54 Å². The summed E-state index contributed by atoms with van der Waals surface area (Å²) >= 11 is 0. The van der Waals surface area contributed by atoms with Gasteiger partial charge < -0.3 is 10.8 Å². The molecule has 15 heavy (non-hydrogen) atoms. The summed E-state index contributed by atoms with van der Waals surface area (Å²) in [6, 6.07) is 6.93. The topological polar surface area (TPSA) is 84.9 Å². The minimum Gasteiger partial charge on any atom is -0.507 e. The Morgan fingerprint density at radius 3 is 2.80 bits per heavy atom. The maximum Gasteiger partial charge on any atom is 0.165 e. The number of aromatic hydroxyl groups is 1. The van der Waals surface area contributed by atoms with Gasteiger partial charge in [0.15, 0.2) is 5.82 Å². The molecule has 0 bridgehead atoms. The Labute approximate surface area is 86.6 Å². The molecule has 1 aromatic heterocycles. The largest absolute Gasteiger partial charge is 0.507 e. The highest BCUT2D eigenvalue weighted by molar-refractivity contribution is 5.65. The lowest BCUT2D eigenvalue weighted by Crippen LogP contribution is -2.05. The molecule has 5 heteroatoms.